The van der Waals surface area contributed by atoms with E-state index in [1.165, 1.54) is 35.3 Å². The highest BCUT2D eigenvalue weighted by atomic mass is 32.2. The third-order valence-electron chi connectivity index (χ3n) is 4.62. The van der Waals surface area contributed by atoms with Gasteiger partial charge in [0, 0.05) is 37.5 Å². The van der Waals surface area contributed by atoms with Crippen molar-refractivity contribution in [2.24, 2.45) is 0 Å². The SMILES string of the molecule is COC(=O)[C@@H]1CN(C(=O)c2ccc(S(=O)(=O)N3CCCC3)cc2)CCS1. The summed E-state index contributed by atoms with van der Waals surface area (Å²) in [7, 11) is -2.15. The number of ether oxygens (including phenoxy) is 1. The van der Waals surface area contributed by atoms with Crippen LogP contribution in [0.25, 0.3) is 0 Å². The molecule has 3 rings (SSSR count). The van der Waals surface area contributed by atoms with Crippen LogP contribution in [0.4, 0.5) is 0 Å². The molecule has 2 aliphatic rings. The van der Waals surface area contributed by atoms with Gasteiger partial charge in [0.05, 0.1) is 12.0 Å². The monoisotopic (exact) mass is 398 g/mol. The van der Waals surface area contributed by atoms with E-state index in [0.29, 0.717) is 37.5 Å². The van der Waals surface area contributed by atoms with E-state index >= 15 is 0 Å². The molecular formula is C17H22N2O5S2. The summed E-state index contributed by atoms with van der Waals surface area (Å²) in [6.45, 7) is 1.93. The first-order valence-corrected chi connectivity index (χ1v) is 11.0. The van der Waals surface area contributed by atoms with Gasteiger partial charge >= 0.3 is 5.97 Å². The van der Waals surface area contributed by atoms with Crippen LogP contribution in [0.2, 0.25) is 0 Å². The van der Waals surface area contributed by atoms with Crippen molar-refractivity contribution < 1.29 is 22.7 Å². The number of methoxy groups -OCH3 is 1. The average Bonchev–Trinajstić information content (AvgIpc) is 3.22. The molecule has 0 N–H and O–H groups in total. The van der Waals surface area contributed by atoms with E-state index in [0.717, 1.165) is 12.8 Å². The Hall–Kier alpha value is -1.58. The van der Waals surface area contributed by atoms with Gasteiger partial charge in [-0.25, -0.2) is 8.42 Å². The number of hydrogen-bond acceptors (Lipinski definition) is 6. The van der Waals surface area contributed by atoms with E-state index in [9.17, 15) is 18.0 Å². The first-order valence-electron chi connectivity index (χ1n) is 8.52. The van der Waals surface area contributed by atoms with Crippen LogP contribution < -0.4 is 0 Å². The van der Waals surface area contributed by atoms with Crippen LogP contribution in [0.15, 0.2) is 29.2 Å². The van der Waals surface area contributed by atoms with E-state index in [1.807, 2.05) is 0 Å². The predicted octanol–water partition coefficient (Wildman–Crippen LogP) is 1.20. The highest BCUT2D eigenvalue weighted by Crippen LogP contribution is 2.23. The number of nitrogens with zero attached hydrogens (tertiary/aromatic N) is 2. The lowest BCUT2D eigenvalue weighted by Crippen LogP contribution is -2.44. The highest BCUT2D eigenvalue weighted by molar-refractivity contribution is 8.00. The third-order valence-corrected chi connectivity index (χ3v) is 7.70. The Morgan fingerprint density at radius 3 is 2.38 bits per heavy atom. The first kappa shape index (κ1) is 19.2. The molecule has 0 aromatic heterocycles. The van der Waals surface area contributed by atoms with Gasteiger partial charge in [-0.15, -0.1) is 11.8 Å². The van der Waals surface area contributed by atoms with Gasteiger partial charge in [0.1, 0.15) is 5.25 Å². The van der Waals surface area contributed by atoms with Crippen molar-refractivity contribution in [3.8, 4) is 0 Å². The molecule has 142 valence electrons. The van der Waals surface area contributed by atoms with Gasteiger partial charge in [0.15, 0.2) is 0 Å². The molecule has 0 bridgehead atoms. The van der Waals surface area contributed by atoms with E-state index in [4.69, 9.17) is 4.74 Å². The molecule has 0 spiro atoms. The Balaban J connectivity index is 1.72. The van der Waals surface area contributed by atoms with Crippen LogP contribution in [0, 0.1) is 0 Å². The Kier molecular flexibility index (Phi) is 5.89. The van der Waals surface area contributed by atoms with Crippen molar-refractivity contribution in [1.82, 2.24) is 9.21 Å². The summed E-state index contributed by atoms with van der Waals surface area (Å²) in [5.41, 5.74) is 0.417. The average molecular weight is 399 g/mol. The molecule has 9 heteroatoms. The van der Waals surface area contributed by atoms with Crippen molar-refractivity contribution in [3.63, 3.8) is 0 Å². The summed E-state index contributed by atoms with van der Waals surface area (Å²) >= 11 is 1.48. The van der Waals surface area contributed by atoms with Gasteiger partial charge < -0.3 is 9.64 Å². The van der Waals surface area contributed by atoms with Gasteiger partial charge in [-0.2, -0.15) is 4.31 Å². The number of carbonyl (C=O) groups excluding carboxylic acids is 2. The molecule has 0 saturated carbocycles. The minimum Gasteiger partial charge on any atom is -0.468 e. The lowest BCUT2D eigenvalue weighted by atomic mass is 10.2. The normalized spacial score (nSPS) is 21.6. The number of rotatable bonds is 4. The topological polar surface area (TPSA) is 84.0 Å². The second kappa shape index (κ2) is 7.98. The standard InChI is InChI=1S/C17H22N2O5S2/c1-24-17(21)15-12-18(10-11-25-15)16(20)13-4-6-14(7-5-13)26(22,23)19-8-2-3-9-19/h4-7,15H,2-3,8-12H2,1H3/t15-/m0/s1. The van der Waals surface area contributed by atoms with Crippen molar-refractivity contribution in [3.05, 3.63) is 29.8 Å². The number of esters is 1. The Bertz CT molecular complexity index is 773. The smallest absolute Gasteiger partial charge is 0.320 e. The molecule has 0 unspecified atom stereocenters. The second-order valence-corrected chi connectivity index (χ2v) is 9.52. The quantitative estimate of drug-likeness (QED) is 0.709. The van der Waals surface area contributed by atoms with Crippen LogP contribution in [0.1, 0.15) is 23.2 Å². The van der Waals surface area contributed by atoms with E-state index < -0.39 is 10.0 Å². The fourth-order valence-electron chi connectivity index (χ4n) is 3.14. The number of hydrogen-bond donors (Lipinski definition) is 0. The maximum absolute atomic E-state index is 12.7. The molecule has 2 aliphatic heterocycles. The molecule has 1 aromatic rings. The molecule has 7 nitrogen and oxygen atoms in total. The van der Waals surface area contributed by atoms with E-state index in [-0.39, 0.29) is 22.0 Å². The molecular weight excluding hydrogens is 376 g/mol. The molecule has 0 aliphatic carbocycles. The summed E-state index contributed by atoms with van der Waals surface area (Å²) < 4.78 is 31.3. The van der Waals surface area contributed by atoms with Crippen molar-refractivity contribution in [2.75, 3.05) is 39.0 Å². The fraction of sp³-hybridized carbons (Fsp3) is 0.529. The Morgan fingerprint density at radius 2 is 1.77 bits per heavy atom. The molecule has 2 saturated heterocycles. The van der Waals surface area contributed by atoms with Crippen LogP contribution >= 0.6 is 11.8 Å². The van der Waals surface area contributed by atoms with Gasteiger partial charge in [-0.1, -0.05) is 0 Å². The molecule has 1 aromatic carbocycles. The lowest BCUT2D eigenvalue weighted by molar-refractivity contribution is -0.140. The molecule has 0 radical (unpaired) electrons. The van der Waals surface area contributed by atoms with Crippen LogP contribution in [0.5, 0.6) is 0 Å². The number of sulfonamides is 1. The van der Waals surface area contributed by atoms with Gasteiger partial charge in [-0.05, 0) is 37.1 Å². The van der Waals surface area contributed by atoms with Crippen molar-refractivity contribution in [1.29, 1.82) is 0 Å². The maximum atomic E-state index is 12.7. The largest absolute Gasteiger partial charge is 0.468 e. The minimum atomic E-state index is -3.49. The van der Waals surface area contributed by atoms with Crippen LogP contribution in [0.3, 0.4) is 0 Å². The summed E-state index contributed by atoms with van der Waals surface area (Å²) in [6, 6.07) is 6.05. The zero-order chi connectivity index (χ0) is 18.7. The van der Waals surface area contributed by atoms with Crippen molar-refractivity contribution >= 4 is 33.7 Å². The Labute approximate surface area is 157 Å². The number of carbonyl (C=O) groups is 2. The first-order chi connectivity index (χ1) is 12.4. The predicted molar refractivity (Wildman–Crippen MR) is 98.6 cm³/mol. The van der Waals surface area contributed by atoms with E-state index in [1.54, 1.807) is 17.0 Å². The van der Waals surface area contributed by atoms with Crippen LogP contribution in [-0.4, -0.2) is 73.8 Å². The highest BCUT2D eigenvalue weighted by Gasteiger charge is 2.31. The summed E-state index contributed by atoms with van der Waals surface area (Å²) in [5.74, 6) is 0.122. The van der Waals surface area contributed by atoms with E-state index in [2.05, 4.69) is 0 Å². The number of thioether (sulfide) groups is 1. The molecule has 2 fully saturated rings. The molecule has 1 atom stereocenters. The van der Waals surface area contributed by atoms with Crippen molar-refractivity contribution in [2.45, 2.75) is 23.0 Å². The fourth-order valence-corrected chi connectivity index (χ4v) is 5.78. The summed E-state index contributed by atoms with van der Waals surface area (Å²) in [4.78, 5) is 26.2. The summed E-state index contributed by atoms with van der Waals surface area (Å²) in [6.07, 6.45) is 1.76. The lowest BCUT2D eigenvalue weighted by Gasteiger charge is -2.31. The number of benzene rings is 1. The summed E-state index contributed by atoms with van der Waals surface area (Å²) in [5, 5.41) is -0.382. The van der Waals surface area contributed by atoms with Gasteiger partial charge in [0.2, 0.25) is 10.0 Å². The van der Waals surface area contributed by atoms with Gasteiger partial charge in [0.25, 0.3) is 5.91 Å². The second-order valence-electron chi connectivity index (χ2n) is 6.27. The van der Waals surface area contributed by atoms with Gasteiger partial charge in [-0.3, -0.25) is 9.59 Å². The molecule has 26 heavy (non-hydrogen) atoms. The minimum absolute atomic E-state index is 0.204. The zero-order valence-electron chi connectivity index (χ0n) is 14.6. The zero-order valence-corrected chi connectivity index (χ0v) is 16.2. The Morgan fingerprint density at radius 1 is 1.12 bits per heavy atom. The molecule has 2 heterocycles. The van der Waals surface area contributed by atoms with Crippen LogP contribution in [-0.2, 0) is 19.6 Å². The molecule has 1 amide bonds. The third kappa shape index (κ3) is 3.89. The maximum Gasteiger partial charge on any atom is 0.320 e. The number of amides is 1.